The average Bonchev–Trinajstić information content (AvgIpc) is 2.79. The van der Waals surface area contributed by atoms with Gasteiger partial charge < -0.3 is 25.0 Å². The number of piperidine rings is 1. The van der Waals surface area contributed by atoms with Crippen LogP contribution in [0.4, 0.5) is 5.69 Å². The first-order valence-corrected chi connectivity index (χ1v) is 10.7. The van der Waals surface area contributed by atoms with E-state index in [4.69, 9.17) is 15.9 Å². The monoisotopic (exact) mass is 540 g/mol. The number of hydrogen-bond acceptors (Lipinski definition) is 4. The first kappa shape index (κ1) is 25.4. The molecule has 0 spiro atoms. The zero-order valence-electron chi connectivity index (χ0n) is 18.1. The largest absolute Gasteiger partial charge is 0.376 e. The molecule has 31 heavy (non-hydrogen) atoms. The van der Waals surface area contributed by atoms with E-state index < -0.39 is 0 Å². The normalized spacial score (nSPS) is 19.8. The van der Waals surface area contributed by atoms with Gasteiger partial charge in [0, 0.05) is 38.0 Å². The number of nitrogens with zero attached hydrogens (tertiary/aromatic N) is 2. The molecule has 2 aliphatic heterocycles. The van der Waals surface area contributed by atoms with Crippen LogP contribution in [-0.2, 0) is 14.3 Å². The molecule has 0 saturated carbocycles. The van der Waals surface area contributed by atoms with Crippen LogP contribution in [0.1, 0.15) is 37.7 Å². The first-order valence-electron chi connectivity index (χ1n) is 10.7. The second-order valence-corrected chi connectivity index (χ2v) is 7.68. The molecule has 2 heterocycles. The molecule has 3 rings (SSSR count). The molecule has 2 aliphatic rings. The molecule has 2 fully saturated rings. The molecule has 170 valence electrons. The van der Waals surface area contributed by atoms with Crippen molar-refractivity contribution >= 4 is 41.5 Å². The summed E-state index contributed by atoms with van der Waals surface area (Å²) in [6.07, 6.45) is 11.3. The van der Waals surface area contributed by atoms with Crippen molar-refractivity contribution in [2.24, 2.45) is 4.99 Å². The van der Waals surface area contributed by atoms with Crippen LogP contribution in [0.25, 0.3) is 0 Å². The lowest BCUT2D eigenvalue weighted by Crippen LogP contribution is -2.48. The van der Waals surface area contributed by atoms with Gasteiger partial charge in [-0.2, -0.15) is 0 Å². The summed E-state index contributed by atoms with van der Waals surface area (Å²) < 4.78 is 11.8. The van der Waals surface area contributed by atoms with Crippen molar-refractivity contribution in [2.45, 2.75) is 44.3 Å². The number of aliphatic imine (C=N–C) groups is 1. The molecule has 0 radical (unpaired) electrons. The quantitative estimate of drug-likeness (QED) is 0.251. The average molecular weight is 540 g/mol. The second kappa shape index (κ2) is 13.6. The molecule has 1 atom stereocenters. The lowest BCUT2D eigenvalue weighted by molar-refractivity contribution is -0.115. The van der Waals surface area contributed by atoms with Crippen molar-refractivity contribution in [3.8, 4) is 12.3 Å². The predicted octanol–water partition coefficient (Wildman–Crippen LogP) is 2.85. The van der Waals surface area contributed by atoms with Crippen LogP contribution in [0.5, 0.6) is 0 Å². The molecule has 7 nitrogen and oxygen atoms in total. The van der Waals surface area contributed by atoms with E-state index in [-0.39, 0.29) is 48.6 Å². The van der Waals surface area contributed by atoms with Crippen molar-refractivity contribution in [3.63, 3.8) is 0 Å². The van der Waals surface area contributed by atoms with Gasteiger partial charge in [0.1, 0.15) is 0 Å². The van der Waals surface area contributed by atoms with Crippen LogP contribution in [0.15, 0.2) is 29.3 Å². The first-order chi connectivity index (χ1) is 14.7. The van der Waals surface area contributed by atoms with Crippen molar-refractivity contribution in [1.29, 1.82) is 0 Å². The van der Waals surface area contributed by atoms with Crippen LogP contribution >= 0.6 is 24.0 Å². The maximum Gasteiger partial charge on any atom is 0.243 e. The van der Waals surface area contributed by atoms with Crippen LogP contribution in [0.2, 0.25) is 0 Å². The molecular weight excluding hydrogens is 507 g/mol. The fourth-order valence-corrected chi connectivity index (χ4v) is 3.80. The molecule has 8 heteroatoms. The number of guanidine groups is 1. The lowest BCUT2D eigenvalue weighted by Gasteiger charge is -2.35. The highest BCUT2D eigenvalue weighted by Gasteiger charge is 2.24. The van der Waals surface area contributed by atoms with Crippen molar-refractivity contribution in [3.05, 3.63) is 29.8 Å². The Morgan fingerprint density at radius 2 is 2.13 bits per heavy atom. The Hall–Kier alpha value is -1.83. The number of halogens is 1. The topological polar surface area (TPSA) is 75.2 Å². The van der Waals surface area contributed by atoms with Gasteiger partial charge in [0.2, 0.25) is 5.91 Å². The minimum Gasteiger partial charge on any atom is -0.376 e. The minimum absolute atomic E-state index is 0. The van der Waals surface area contributed by atoms with Gasteiger partial charge in [0.05, 0.1) is 25.4 Å². The molecule has 0 bridgehead atoms. The predicted molar refractivity (Wildman–Crippen MR) is 134 cm³/mol. The van der Waals surface area contributed by atoms with Gasteiger partial charge in [0.25, 0.3) is 0 Å². The van der Waals surface area contributed by atoms with Gasteiger partial charge in [-0.15, -0.1) is 30.4 Å². The summed E-state index contributed by atoms with van der Waals surface area (Å²) in [7, 11) is 1.74. The zero-order chi connectivity index (χ0) is 21.2. The molecule has 2 N–H and O–H groups in total. The second-order valence-electron chi connectivity index (χ2n) is 7.68. The molecule has 1 unspecified atom stereocenters. The summed E-state index contributed by atoms with van der Waals surface area (Å²) in [5.74, 6) is 3.15. The Morgan fingerprint density at radius 3 is 2.81 bits per heavy atom. The summed E-state index contributed by atoms with van der Waals surface area (Å²) in [6.45, 7) is 3.39. The maximum atomic E-state index is 12.3. The fraction of sp³-hybridized carbons (Fsp3) is 0.565. The van der Waals surface area contributed by atoms with Crippen LogP contribution in [0, 0.1) is 12.3 Å². The summed E-state index contributed by atoms with van der Waals surface area (Å²) in [4.78, 5) is 18.8. The van der Waals surface area contributed by atoms with Gasteiger partial charge >= 0.3 is 0 Å². The Bertz CT molecular complexity index is 766. The third-order valence-corrected chi connectivity index (χ3v) is 5.47. The van der Waals surface area contributed by atoms with Gasteiger partial charge in [-0.3, -0.25) is 9.79 Å². The zero-order valence-corrected chi connectivity index (χ0v) is 20.5. The van der Waals surface area contributed by atoms with E-state index in [9.17, 15) is 4.79 Å². The summed E-state index contributed by atoms with van der Waals surface area (Å²) in [5.41, 5.74) is 1.42. The van der Waals surface area contributed by atoms with Gasteiger partial charge in [-0.25, -0.2) is 0 Å². The van der Waals surface area contributed by atoms with Gasteiger partial charge in [0.15, 0.2) is 5.96 Å². The number of likely N-dealkylation sites (tertiary alicyclic amines) is 1. The van der Waals surface area contributed by atoms with E-state index in [1.807, 2.05) is 18.2 Å². The standard InChI is InChI=1S/C23H32N4O3.HI/c1-3-18-7-6-8-19(15-18)26-22(28)16-25-23(24-2)27-12-10-20(11-13-27)30-17-21-9-4-5-14-29-21;/h1,6-8,15,20-21H,4-5,9-14,16-17H2,2H3,(H,24,25)(H,26,28);1H. The Labute approximate surface area is 202 Å². The van der Waals surface area contributed by atoms with Crippen LogP contribution < -0.4 is 10.6 Å². The lowest BCUT2D eigenvalue weighted by atomic mass is 10.1. The van der Waals surface area contributed by atoms with Gasteiger partial charge in [-0.05, 0) is 50.3 Å². The van der Waals surface area contributed by atoms with Crippen molar-refractivity contribution < 1.29 is 14.3 Å². The molecule has 2 saturated heterocycles. The smallest absolute Gasteiger partial charge is 0.243 e. The van der Waals surface area contributed by atoms with E-state index in [0.717, 1.165) is 56.9 Å². The summed E-state index contributed by atoms with van der Waals surface area (Å²) in [5, 5.41) is 6.00. The van der Waals surface area contributed by atoms with Crippen molar-refractivity contribution in [2.75, 3.05) is 45.2 Å². The Balaban J connectivity index is 0.00000341. The van der Waals surface area contributed by atoms with E-state index in [1.165, 1.54) is 6.42 Å². The van der Waals surface area contributed by atoms with E-state index in [0.29, 0.717) is 12.3 Å². The SMILES string of the molecule is C#Cc1cccc(NC(=O)CNC(=NC)N2CCC(OCC3CCCCO3)CC2)c1.I. The maximum absolute atomic E-state index is 12.3. The van der Waals surface area contributed by atoms with E-state index in [2.05, 4.69) is 26.4 Å². The molecular formula is C23H33IN4O3. The number of carbonyl (C=O) groups excluding carboxylic acids is 1. The summed E-state index contributed by atoms with van der Waals surface area (Å²) >= 11 is 0. The Morgan fingerprint density at radius 1 is 1.32 bits per heavy atom. The number of benzene rings is 1. The van der Waals surface area contributed by atoms with E-state index in [1.54, 1.807) is 13.1 Å². The van der Waals surface area contributed by atoms with Crippen molar-refractivity contribution in [1.82, 2.24) is 10.2 Å². The summed E-state index contributed by atoms with van der Waals surface area (Å²) in [6, 6.07) is 7.24. The molecule has 1 aromatic rings. The van der Waals surface area contributed by atoms with E-state index >= 15 is 0 Å². The fourth-order valence-electron chi connectivity index (χ4n) is 3.80. The molecule has 0 aliphatic carbocycles. The van der Waals surface area contributed by atoms with Crippen LogP contribution in [0.3, 0.4) is 0 Å². The third-order valence-electron chi connectivity index (χ3n) is 5.47. The molecule has 1 aromatic carbocycles. The number of amides is 1. The molecule has 1 amide bonds. The minimum atomic E-state index is -0.143. The number of terminal acetylenes is 1. The highest BCUT2D eigenvalue weighted by molar-refractivity contribution is 14.0. The third kappa shape index (κ3) is 8.31. The van der Waals surface area contributed by atoms with Crippen LogP contribution in [-0.4, -0.2) is 68.9 Å². The number of hydrogen-bond donors (Lipinski definition) is 2. The molecule has 0 aromatic heterocycles. The number of carbonyl (C=O) groups is 1. The Kier molecular flexibility index (Phi) is 11.1. The number of ether oxygens (including phenoxy) is 2. The number of nitrogens with one attached hydrogen (secondary N) is 2. The number of rotatable bonds is 6. The number of anilines is 1. The highest BCUT2D eigenvalue weighted by atomic mass is 127. The van der Waals surface area contributed by atoms with Gasteiger partial charge in [-0.1, -0.05) is 12.0 Å². The highest BCUT2D eigenvalue weighted by Crippen LogP contribution is 2.18.